The van der Waals surface area contributed by atoms with Gasteiger partial charge < -0.3 is 24.8 Å². The number of para-hydroxylation sites is 1. The molecule has 0 amide bonds. The molecule has 1 saturated heterocycles. The molecule has 1 aliphatic heterocycles. The molecule has 1 fully saturated rings. The maximum absolute atomic E-state index is 15.5. The number of hydrogen-bond acceptors (Lipinski definition) is 10. The Hall–Kier alpha value is -2.93. The number of nitrogens with two attached hydrogens (primary N) is 1. The van der Waals surface area contributed by atoms with E-state index >= 15 is 4.39 Å². The van der Waals surface area contributed by atoms with Crippen LogP contribution in [-0.2, 0) is 23.4 Å². The quantitative estimate of drug-likeness (QED) is 0.308. The topological polar surface area (TPSA) is 152 Å². The van der Waals surface area contributed by atoms with Gasteiger partial charge in [0.15, 0.2) is 17.9 Å². The molecular weight excluding hydrogens is 534 g/mol. The number of aromatic nitrogens is 2. The third kappa shape index (κ3) is 6.55. The van der Waals surface area contributed by atoms with Gasteiger partial charge in [-0.15, -0.1) is 0 Å². The number of carbonyl (C=O) groups excluding carboxylic acids is 1. The zero-order chi connectivity index (χ0) is 28.3. The number of esters is 1. The summed E-state index contributed by atoms with van der Waals surface area (Å²) >= 11 is 0. The Morgan fingerprint density at radius 1 is 1.32 bits per heavy atom. The van der Waals surface area contributed by atoms with E-state index < -0.39 is 86.5 Å². The highest BCUT2D eigenvalue weighted by Crippen LogP contribution is 2.51. The third-order valence-corrected chi connectivity index (χ3v) is 7.65. The number of anilines is 1. The molecule has 2 aromatic rings. The minimum Gasteiger partial charge on any atom is -0.463 e. The fourth-order valence-corrected chi connectivity index (χ4v) is 5.58. The molecule has 210 valence electrons. The van der Waals surface area contributed by atoms with Crippen molar-refractivity contribution in [3.63, 3.8) is 0 Å². The number of nitrogens with zero attached hydrogens (tertiary/aromatic N) is 2. The first kappa shape index (κ1) is 29.6. The Balaban J connectivity index is 1.84. The van der Waals surface area contributed by atoms with E-state index in [0.717, 1.165) is 0 Å². The van der Waals surface area contributed by atoms with Crippen LogP contribution >= 0.6 is 7.60 Å². The molecular formula is C23H29F3N3O8P. The summed E-state index contributed by atoms with van der Waals surface area (Å²) in [7, 11) is -4.21. The molecule has 3 N–H and O–H groups in total. The summed E-state index contributed by atoms with van der Waals surface area (Å²) in [6, 6.07) is 7.84. The monoisotopic (exact) mass is 563 g/mol. The number of aliphatic hydroxyl groups excluding tert-OH is 1. The maximum atomic E-state index is 15.5. The van der Waals surface area contributed by atoms with Crippen LogP contribution in [0, 0.1) is 11.7 Å². The first-order valence-corrected chi connectivity index (χ1v) is 13.3. The van der Waals surface area contributed by atoms with Crippen LogP contribution in [-0.4, -0.2) is 64.1 Å². The van der Waals surface area contributed by atoms with E-state index in [1.807, 2.05) is 0 Å². The summed E-state index contributed by atoms with van der Waals surface area (Å²) in [5, 5.41) is 10.5. The molecule has 11 nitrogen and oxygen atoms in total. The van der Waals surface area contributed by atoms with Crippen molar-refractivity contribution in [3.8, 4) is 5.75 Å². The first-order chi connectivity index (χ1) is 17.8. The van der Waals surface area contributed by atoms with Gasteiger partial charge in [0.2, 0.25) is 5.67 Å². The third-order valence-electron chi connectivity index (χ3n) is 5.62. The predicted octanol–water partition coefficient (Wildman–Crippen LogP) is 2.78. The van der Waals surface area contributed by atoms with E-state index in [2.05, 4.69) is 4.98 Å². The molecule has 15 heteroatoms. The molecule has 1 aromatic carbocycles. The summed E-state index contributed by atoms with van der Waals surface area (Å²) in [6.07, 6.45) is -6.50. The Bertz CT molecular complexity index is 1230. The number of carbonyl (C=O) groups is 1. The van der Waals surface area contributed by atoms with Crippen molar-refractivity contribution in [2.45, 2.75) is 51.0 Å². The van der Waals surface area contributed by atoms with Gasteiger partial charge in [-0.1, -0.05) is 25.1 Å². The van der Waals surface area contributed by atoms with E-state index in [1.54, 1.807) is 32.0 Å². The summed E-state index contributed by atoms with van der Waals surface area (Å²) < 4.78 is 78.8. The van der Waals surface area contributed by atoms with Crippen LogP contribution in [0.1, 0.15) is 27.0 Å². The number of benzene rings is 1. The molecule has 0 aliphatic carbocycles. The lowest BCUT2D eigenvalue weighted by molar-refractivity contribution is -0.151. The lowest BCUT2D eigenvalue weighted by Gasteiger charge is -2.26. The summed E-state index contributed by atoms with van der Waals surface area (Å²) in [4.78, 5) is 27.7. The van der Waals surface area contributed by atoms with Crippen LogP contribution in [0.2, 0.25) is 0 Å². The summed E-state index contributed by atoms with van der Waals surface area (Å²) in [5.41, 5.74) is 0.757. The Kier molecular flexibility index (Phi) is 9.24. The second kappa shape index (κ2) is 11.9. The Morgan fingerprint density at radius 2 is 1.97 bits per heavy atom. The fourth-order valence-electron chi connectivity index (χ4n) is 3.71. The van der Waals surface area contributed by atoms with Crippen molar-refractivity contribution in [2.24, 2.45) is 5.92 Å². The lowest BCUT2D eigenvalue weighted by atomic mass is 9.97. The molecule has 3 rings (SSSR count). The molecule has 0 bridgehead atoms. The number of ether oxygens (including phenoxy) is 2. The van der Waals surface area contributed by atoms with Gasteiger partial charge in [-0.3, -0.25) is 13.9 Å². The number of hydrogen-bond donors (Lipinski definition) is 2. The van der Waals surface area contributed by atoms with E-state index in [-0.39, 0.29) is 5.75 Å². The average molecular weight is 563 g/mol. The molecule has 38 heavy (non-hydrogen) atoms. The van der Waals surface area contributed by atoms with Gasteiger partial charge in [-0.2, -0.15) is 4.98 Å². The van der Waals surface area contributed by atoms with Gasteiger partial charge >= 0.3 is 19.3 Å². The van der Waals surface area contributed by atoms with E-state index in [4.69, 9.17) is 24.3 Å². The average Bonchev–Trinajstić information content (AvgIpc) is 3.10. The molecule has 0 radical (unpaired) electrons. The maximum Gasteiger partial charge on any atom is 0.380 e. The molecule has 1 aromatic heterocycles. The normalized spacial score (nSPS) is 25.6. The zero-order valence-corrected chi connectivity index (χ0v) is 21.7. The molecule has 0 saturated carbocycles. The van der Waals surface area contributed by atoms with Gasteiger partial charge in [-0.05, 0) is 26.0 Å². The number of alkyl halides is 2. The summed E-state index contributed by atoms with van der Waals surface area (Å²) in [5.74, 6) is -3.47. The molecule has 1 unspecified atom stereocenters. The van der Waals surface area contributed by atoms with E-state index in [0.29, 0.717) is 10.8 Å². The van der Waals surface area contributed by atoms with Gasteiger partial charge in [0.05, 0.1) is 31.0 Å². The smallest absolute Gasteiger partial charge is 0.380 e. The van der Waals surface area contributed by atoms with E-state index in [9.17, 15) is 28.0 Å². The minimum atomic E-state index is -4.21. The molecule has 2 heterocycles. The van der Waals surface area contributed by atoms with Crippen LogP contribution in [0.4, 0.5) is 19.0 Å². The standard InChI is InChI=1S/C23H29F3N3O8P/c1-13(2)35-20(31)14(3)11-38(33,37-15-7-5-4-6-8-15)34-10-17-18(30)23(26,12-24)21(36-17)29-9-16(25)19(27)28-22(29)32/h4-9,13-14,17-18,21,30H,10-12H2,1-3H3,(H2,27,28,32)/t14-,17-,18+,21-,23?,38+/m1/s1. The number of aliphatic hydroxyl groups is 1. The Labute approximate surface area is 216 Å². The van der Waals surface area contributed by atoms with E-state index in [1.165, 1.54) is 19.1 Å². The van der Waals surface area contributed by atoms with Crippen LogP contribution in [0.15, 0.2) is 41.3 Å². The zero-order valence-electron chi connectivity index (χ0n) is 20.8. The number of halogens is 3. The molecule has 0 spiro atoms. The van der Waals surface area contributed by atoms with Crippen molar-refractivity contribution < 1.29 is 46.2 Å². The van der Waals surface area contributed by atoms with Crippen molar-refractivity contribution in [1.82, 2.24) is 9.55 Å². The predicted molar refractivity (Wildman–Crippen MR) is 128 cm³/mol. The highest BCUT2D eigenvalue weighted by atomic mass is 31.2. The second-order valence-corrected chi connectivity index (χ2v) is 11.1. The van der Waals surface area contributed by atoms with Gasteiger partial charge in [0.1, 0.15) is 24.6 Å². The highest BCUT2D eigenvalue weighted by molar-refractivity contribution is 7.54. The van der Waals surface area contributed by atoms with Gasteiger partial charge in [0, 0.05) is 0 Å². The van der Waals surface area contributed by atoms with Crippen molar-refractivity contribution in [2.75, 3.05) is 25.2 Å². The summed E-state index contributed by atoms with van der Waals surface area (Å²) in [6.45, 7) is 2.08. The van der Waals surface area contributed by atoms with Crippen molar-refractivity contribution in [3.05, 3.63) is 52.8 Å². The highest BCUT2D eigenvalue weighted by Gasteiger charge is 2.59. The minimum absolute atomic E-state index is 0.129. The van der Waals surface area contributed by atoms with Gasteiger partial charge in [-0.25, -0.2) is 22.5 Å². The lowest BCUT2D eigenvalue weighted by Crippen LogP contribution is -2.47. The van der Waals surface area contributed by atoms with Crippen LogP contribution in [0.3, 0.4) is 0 Å². The number of rotatable bonds is 11. The molecule has 1 aliphatic rings. The largest absolute Gasteiger partial charge is 0.463 e. The van der Waals surface area contributed by atoms with Crippen LogP contribution in [0.25, 0.3) is 0 Å². The second-order valence-electron chi connectivity index (χ2n) is 9.08. The van der Waals surface area contributed by atoms with Crippen molar-refractivity contribution >= 4 is 19.4 Å². The fraction of sp³-hybridized carbons (Fsp3) is 0.522. The Morgan fingerprint density at radius 3 is 2.58 bits per heavy atom. The van der Waals surface area contributed by atoms with Crippen LogP contribution in [0.5, 0.6) is 5.75 Å². The first-order valence-electron chi connectivity index (χ1n) is 11.6. The van der Waals surface area contributed by atoms with Crippen molar-refractivity contribution in [1.29, 1.82) is 0 Å². The van der Waals surface area contributed by atoms with Crippen LogP contribution < -0.4 is 15.9 Å². The van der Waals surface area contributed by atoms with Gasteiger partial charge in [0.25, 0.3) is 0 Å². The number of nitrogen functional groups attached to an aromatic ring is 1. The SMILES string of the molecule is CC(C)OC(=O)[C@H](C)C[P@](=O)(OC[C@H]1O[C@@H](n2cc(F)c(N)nc2=O)C(F)(CF)[C@H]1O)Oc1ccccc1. The molecule has 6 atom stereocenters.